The van der Waals surface area contributed by atoms with Gasteiger partial charge in [0.2, 0.25) is 11.7 Å². The fourth-order valence-corrected chi connectivity index (χ4v) is 8.98. The lowest BCUT2D eigenvalue weighted by molar-refractivity contribution is -0.515. The van der Waals surface area contributed by atoms with Crippen molar-refractivity contribution in [2.75, 3.05) is 11.9 Å². The van der Waals surface area contributed by atoms with Gasteiger partial charge in [-0.1, -0.05) is 54.6 Å². The van der Waals surface area contributed by atoms with E-state index in [1.54, 1.807) is 36.2 Å². The molecule has 5 heterocycles. The van der Waals surface area contributed by atoms with Gasteiger partial charge in [-0.05, 0) is 64.4 Å². The van der Waals surface area contributed by atoms with Crippen molar-refractivity contribution in [2.45, 2.75) is 29.8 Å². The Morgan fingerprint density at radius 3 is 1.86 bits per heavy atom. The average molecular weight is 614 g/mol. The first-order valence-corrected chi connectivity index (χ1v) is 15.6. The highest BCUT2D eigenvalue weighted by Gasteiger charge is 2.79. The molecule has 5 aromatic rings. The van der Waals surface area contributed by atoms with Gasteiger partial charge in [-0.2, -0.15) is 4.89 Å². The summed E-state index contributed by atoms with van der Waals surface area (Å²) in [6, 6.07) is 27.6. The number of ether oxygens (including phenoxy) is 1. The summed E-state index contributed by atoms with van der Waals surface area (Å²) < 4.78 is 35.7. The Morgan fingerprint density at radius 2 is 1.26 bits per heavy atom. The third kappa shape index (κ3) is 3.54. The Labute approximate surface area is 254 Å². The van der Waals surface area contributed by atoms with Crippen molar-refractivity contribution in [1.82, 2.24) is 0 Å². The van der Waals surface area contributed by atoms with Crippen LogP contribution in [0.4, 0.5) is 14.5 Å². The summed E-state index contributed by atoms with van der Waals surface area (Å²) in [5.41, 5.74) is -1.06. The molecule has 9 heteroatoms. The standard InChI is InChI=1S/C34H25F2NO4S2/c1-37-27-7-3-2-6-26(27)34-31(30(37)38,20-32(39-34,28-8-4-18-42-28)22-10-14-24(35)15-11-22)21-33(40-41-34,29-9-5-19-43-29)23-12-16-25(36)17-13-23/h2-19H,20-21H2,1H3. The normalized spacial score (nSPS) is 29.7. The van der Waals surface area contributed by atoms with Gasteiger partial charge >= 0.3 is 0 Å². The molecule has 0 radical (unpaired) electrons. The van der Waals surface area contributed by atoms with E-state index in [-0.39, 0.29) is 30.4 Å². The van der Waals surface area contributed by atoms with Gasteiger partial charge < -0.3 is 9.64 Å². The van der Waals surface area contributed by atoms with Gasteiger partial charge in [0.05, 0.1) is 5.69 Å². The minimum atomic E-state index is -1.65. The zero-order valence-electron chi connectivity index (χ0n) is 23.0. The summed E-state index contributed by atoms with van der Waals surface area (Å²) in [5.74, 6) is -2.58. The van der Waals surface area contributed by atoms with Gasteiger partial charge in [-0.25, -0.2) is 13.7 Å². The van der Waals surface area contributed by atoms with E-state index in [0.717, 1.165) is 9.75 Å². The van der Waals surface area contributed by atoms with Crippen LogP contribution >= 0.6 is 22.7 Å². The Hall–Kier alpha value is -3.73. The van der Waals surface area contributed by atoms with Gasteiger partial charge in [0, 0.05) is 35.2 Å². The highest BCUT2D eigenvalue weighted by Crippen LogP contribution is 2.72. The average Bonchev–Trinajstić information content (AvgIpc) is 3.81. The summed E-state index contributed by atoms with van der Waals surface area (Å²) in [5, 5.41) is 3.89. The molecule has 3 aliphatic heterocycles. The number of para-hydroxylation sites is 1. The van der Waals surface area contributed by atoms with Gasteiger partial charge in [0.1, 0.15) is 22.7 Å². The first-order chi connectivity index (χ1) is 20.8. The molecule has 2 saturated heterocycles. The summed E-state index contributed by atoms with van der Waals surface area (Å²) >= 11 is 2.98. The Morgan fingerprint density at radius 1 is 0.698 bits per heavy atom. The summed E-state index contributed by atoms with van der Waals surface area (Å²) in [4.78, 5) is 31.5. The van der Waals surface area contributed by atoms with Crippen molar-refractivity contribution < 1.29 is 28.1 Å². The zero-order valence-corrected chi connectivity index (χ0v) is 24.6. The highest BCUT2D eigenvalue weighted by atomic mass is 32.1. The molecule has 0 spiro atoms. The van der Waals surface area contributed by atoms with Crippen LogP contribution in [0.3, 0.4) is 0 Å². The molecular formula is C34H25F2NO4S2. The fraction of sp³-hybridized carbons (Fsp3) is 0.206. The number of fused-ring (bicyclic) bond motifs is 1. The van der Waals surface area contributed by atoms with Gasteiger partial charge in [-0.3, -0.25) is 4.79 Å². The van der Waals surface area contributed by atoms with Crippen molar-refractivity contribution in [3.8, 4) is 0 Å². The maximum Gasteiger partial charge on any atom is 0.245 e. The van der Waals surface area contributed by atoms with Crippen LogP contribution in [-0.4, -0.2) is 13.0 Å². The van der Waals surface area contributed by atoms with Crippen LogP contribution < -0.4 is 4.90 Å². The molecule has 43 heavy (non-hydrogen) atoms. The number of hydrogen-bond donors (Lipinski definition) is 0. The van der Waals surface area contributed by atoms with Gasteiger partial charge in [0.25, 0.3) is 0 Å². The number of carbonyl (C=O) groups is 1. The molecule has 4 atom stereocenters. The monoisotopic (exact) mass is 613 g/mol. The van der Waals surface area contributed by atoms with Crippen LogP contribution in [-0.2, 0) is 36.3 Å². The largest absolute Gasteiger partial charge is 0.326 e. The van der Waals surface area contributed by atoms with E-state index in [4.69, 9.17) is 14.5 Å². The number of halogens is 2. The first-order valence-electron chi connectivity index (χ1n) is 13.9. The predicted octanol–water partition coefficient (Wildman–Crippen LogP) is 7.86. The second kappa shape index (κ2) is 9.38. The molecule has 3 aromatic carbocycles. The second-order valence-electron chi connectivity index (χ2n) is 11.3. The molecule has 216 valence electrons. The summed E-state index contributed by atoms with van der Waals surface area (Å²) in [6.07, 6.45) is 0.347. The van der Waals surface area contributed by atoms with Crippen LogP contribution in [0.25, 0.3) is 0 Å². The summed E-state index contributed by atoms with van der Waals surface area (Å²) in [7, 11) is 1.77. The molecule has 2 fully saturated rings. The van der Waals surface area contributed by atoms with E-state index in [1.807, 2.05) is 59.3 Å². The molecule has 4 unspecified atom stereocenters. The van der Waals surface area contributed by atoms with E-state index in [2.05, 4.69) is 0 Å². The van der Waals surface area contributed by atoms with Crippen molar-refractivity contribution in [3.63, 3.8) is 0 Å². The molecule has 8 rings (SSSR count). The Bertz CT molecular complexity index is 1830. The first kappa shape index (κ1) is 26.9. The van der Waals surface area contributed by atoms with Crippen molar-refractivity contribution in [2.24, 2.45) is 5.41 Å². The third-order valence-electron chi connectivity index (χ3n) is 9.14. The van der Waals surface area contributed by atoms with Crippen LogP contribution in [0.1, 0.15) is 39.3 Å². The lowest BCUT2D eigenvalue weighted by Gasteiger charge is -2.55. The highest BCUT2D eigenvalue weighted by molar-refractivity contribution is 7.10. The van der Waals surface area contributed by atoms with E-state index in [1.165, 1.54) is 46.9 Å². The molecule has 0 aliphatic carbocycles. The third-order valence-corrected chi connectivity index (χ3v) is 11.2. The van der Waals surface area contributed by atoms with Crippen LogP contribution in [0.2, 0.25) is 0 Å². The number of thiophene rings is 2. The molecule has 0 saturated carbocycles. The van der Waals surface area contributed by atoms with E-state index in [9.17, 15) is 8.78 Å². The quantitative estimate of drug-likeness (QED) is 0.194. The van der Waals surface area contributed by atoms with Crippen molar-refractivity contribution in [1.29, 1.82) is 0 Å². The number of nitrogens with zero attached hydrogens (tertiary/aromatic N) is 1. The van der Waals surface area contributed by atoms with E-state index in [0.29, 0.717) is 22.4 Å². The molecule has 2 aromatic heterocycles. The van der Waals surface area contributed by atoms with Gasteiger partial charge in [0.15, 0.2) is 5.60 Å². The lowest BCUT2D eigenvalue weighted by atomic mass is 9.61. The van der Waals surface area contributed by atoms with Crippen LogP contribution in [0, 0.1) is 17.0 Å². The van der Waals surface area contributed by atoms with E-state index < -0.39 is 22.4 Å². The smallest absolute Gasteiger partial charge is 0.245 e. The van der Waals surface area contributed by atoms with Crippen LogP contribution in [0.15, 0.2) is 108 Å². The number of carbonyl (C=O) groups excluding carboxylic acids is 1. The van der Waals surface area contributed by atoms with E-state index >= 15 is 4.79 Å². The maximum atomic E-state index is 15.0. The van der Waals surface area contributed by atoms with Gasteiger partial charge in [-0.15, -0.1) is 22.7 Å². The SMILES string of the molecule is CN1C(=O)C23CC(c4ccc(F)cc4)(c4cccs4)OOC2(OC(c2ccc(F)cc2)(c2cccs2)C3)c2ccccc21. The minimum absolute atomic E-state index is 0.151. The number of amides is 1. The molecular weight excluding hydrogens is 589 g/mol. The zero-order chi connectivity index (χ0) is 29.5. The number of rotatable bonds is 4. The second-order valence-corrected chi connectivity index (χ2v) is 13.2. The van der Waals surface area contributed by atoms with Crippen molar-refractivity contribution >= 4 is 34.3 Å². The molecule has 1 amide bonds. The molecule has 0 bridgehead atoms. The lowest BCUT2D eigenvalue weighted by Crippen LogP contribution is -2.64. The fourth-order valence-electron chi connectivity index (χ4n) is 7.22. The topological polar surface area (TPSA) is 48.0 Å². The number of anilines is 1. The predicted molar refractivity (Wildman–Crippen MR) is 159 cm³/mol. The maximum absolute atomic E-state index is 15.0. The Balaban J connectivity index is 1.43. The number of benzene rings is 3. The molecule has 3 aliphatic rings. The molecule has 0 N–H and O–H groups in total. The Kier molecular flexibility index (Phi) is 5.86. The summed E-state index contributed by atoms with van der Waals surface area (Å²) in [6.45, 7) is 0. The number of hydrogen-bond acceptors (Lipinski definition) is 6. The van der Waals surface area contributed by atoms with Crippen molar-refractivity contribution in [3.05, 3.63) is 146 Å². The van der Waals surface area contributed by atoms with Crippen LogP contribution in [0.5, 0.6) is 0 Å². The molecule has 5 nitrogen and oxygen atoms in total. The minimum Gasteiger partial charge on any atom is -0.326 e.